The first kappa shape index (κ1) is 19.4. The van der Waals surface area contributed by atoms with Gasteiger partial charge in [0.1, 0.15) is 0 Å². The first-order chi connectivity index (χ1) is 12.2. The van der Waals surface area contributed by atoms with Crippen molar-refractivity contribution in [1.82, 2.24) is 0 Å². The molecule has 0 fully saturated rings. The van der Waals surface area contributed by atoms with Gasteiger partial charge in [0.05, 0.1) is 11.1 Å². The standard InChI is InChI=1S/C21H23NO4/c1-14(23)17-12-8-9-13-18(17)22-19(24)15(2)26-20(25)21(3,4)16-10-6-5-7-11-16/h5-13,15H,1-4H3,(H,22,24)/t15-/m1/s1. The molecular formula is C21H23NO4. The maximum Gasteiger partial charge on any atom is 0.316 e. The number of nitrogens with one attached hydrogen (secondary N) is 1. The number of hydrogen-bond acceptors (Lipinski definition) is 4. The van der Waals surface area contributed by atoms with Gasteiger partial charge >= 0.3 is 5.97 Å². The van der Waals surface area contributed by atoms with Crippen molar-refractivity contribution in [1.29, 1.82) is 0 Å². The van der Waals surface area contributed by atoms with Crippen molar-refractivity contribution < 1.29 is 19.1 Å². The molecule has 136 valence electrons. The molecule has 2 aromatic rings. The summed E-state index contributed by atoms with van der Waals surface area (Å²) >= 11 is 0. The summed E-state index contributed by atoms with van der Waals surface area (Å²) in [5, 5.41) is 2.65. The summed E-state index contributed by atoms with van der Waals surface area (Å²) in [5.74, 6) is -1.14. The quantitative estimate of drug-likeness (QED) is 0.634. The highest BCUT2D eigenvalue weighted by Gasteiger charge is 2.33. The number of carbonyl (C=O) groups excluding carboxylic acids is 3. The van der Waals surface area contributed by atoms with Crippen molar-refractivity contribution in [3.8, 4) is 0 Å². The van der Waals surface area contributed by atoms with Gasteiger partial charge < -0.3 is 10.1 Å². The van der Waals surface area contributed by atoms with Gasteiger partial charge in [-0.15, -0.1) is 0 Å². The number of benzene rings is 2. The van der Waals surface area contributed by atoms with Gasteiger partial charge in [0, 0.05) is 5.56 Å². The molecular weight excluding hydrogens is 330 g/mol. The molecule has 1 amide bonds. The van der Waals surface area contributed by atoms with Crippen LogP contribution in [-0.4, -0.2) is 23.8 Å². The third-order valence-electron chi connectivity index (χ3n) is 4.22. The molecule has 0 saturated heterocycles. The lowest BCUT2D eigenvalue weighted by molar-refractivity contribution is -0.158. The Balaban J connectivity index is 2.08. The topological polar surface area (TPSA) is 72.5 Å². The third kappa shape index (κ3) is 4.36. The third-order valence-corrected chi connectivity index (χ3v) is 4.22. The predicted octanol–water partition coefficient (Wildman–Crippen LogP) is 3.74. The minimum absolute atomic E-state index is 0.157. The summed E-state index contributed by atoms with van der Waals surface area (Å²) in [5.41, 5.74) is 0.728. The molecule has 0 aliphatic rings. The van der Waals surface area contributed by atoms with Crippen LogP contribution in [0.3, 0.4) is 0 Å². The molecule has 1 atom stereocenters. The molecule has 0 aliphatic heterocycles. The van der Waals surface area contributed by atoms with Crippen LogP contribution in [0.15, 0.2) is 54.6 Å². The van der Waals surface area contributed by atoms with E-state index in [9.17, 15) is 14.4 Å². The molecule has 0 aliphatic carbocycles. The van der Waals surface area contributed by atoms with Gasteiger partial charge in [-0.25, -0.2) is 0 Å². The second-order valence-electron chi connectivity index (χ2n) is 6.63. The molecule has 0 aromatic heterocycles. The van der Waals surface area contributed by atoms with E-state index in [0.717, 1.165) is 5.56 Å². The van der Waals surface area contributed by atoms with Crippen LogP contribution in [0.1, 0.15) is 43.6 Å². The van der Waals surface area contributed by atoms with Crippen molar-refractivity contribution in [2.24, 2.45) is 0 Å². The lowest BCUT2D eigenvalue weighted by Crippen LogP contribution is -2.37. The number of para-hydroxylation sites is 1. The second kappa shape index (κ2) is 7.95. The van der Waals surface area contributed by atoms with Crippen LogP contribution >= 0.6 is 0 Å². The van der Waals surface area contributed by atoms with Crippen LogP contribution in [0.4, 0.5) is 5.69 Å². The van der Waals surface area contributed by atoms with E-state index in [1.165, 1.54) is 13.8 Å². The van der Waals surface area contributed by atoms with Crippen LogP contribution in [-0.2, 0) is 19.7 Å². The molecule has 2 aromatic carbocycles. The Morgan fingerprint density at radius 3 is 2.15 bits per heavy atom. The Morgan fingerprint density at radius 2 is 1.54 bits per heavy atom. The van der Waals surface area contributed by atoms with E-state index >= 15 is 0 Å². The van der Waals surface area contributed by atoms with Crippen molar-refractivity contribution in [2.75, 3.05) is 5.32 Å². The van der Waals surface area contributed by atoms with Crippen LogP contribution < -0.4 is 5.32 Å². The Bertz CT molecular complexity index is 812. The van der Waals surface area contributed by atoms with Gasteiger partial charge in [-0.3, -0.25) is 14.4 Å². The smallest absolute Gasteiger partial charge is 0.316 e. The number of anilines is 1. The SMILES string of the molecule is CC(=O)c1ccccc1NC(=O)[C@@H](C)OC(=O)C(C)(C)c1ccccc1. The van der Waals surface area contributed by atoms with E-state index in [4.69, 9.17) is 4.74 Å². The molecule has 5 nitrogen and oxygen atoms in total. The summed E-state index contributed by atoms with van der Waals surface area (Å²) in [6, 6.07) is 16.0. The largest absolute Gasteiger partial charge is 0.452 e. The van der Waals surface area contributed by atoms with Crippen molar-refractivity contribution in [3.05, 3.63) is 65.7 Å². The highest BCUT2D eigenvalue weighted by Crippen LogP contribution is 2.25. The van der Waals surface area contributed by atoms with E-state index in [1.54, 1.807) is 38.1 Å². The minimum Gasteiger partial charge on any atom is -0.452 e. The molecule has 26 heavy (non-hydrogen) atoms. The van der Waals surface area contributed by atoms with Crippen LogP contribution in [0.5, 0.6) is 0 Å². The second-order valence-corrected chi connectivity index (χ2v) is 6.63. The van der Waals surface area contributed by atoms with Gasteiger partial charge in [0.15, 0.2) is 11.9 Å². The van der Waals surface area contributed by atoms with Gasteiger partial charge in [0.25, 0.3) is 5.91 Å². The monoisotopic (exact) mass is 353 g/mol. The number of amides is 1. The number of ether oxygens (including phenoxy) is 1. The Kier molecular flexibility index (Phi) is 5.93. The van der Waals surface area contributed by atoms with Crippen LogP contribution in [0.25, 0.3) is 0 Å². The molecule has 2 rings (SSSR count). The summed E-state index contributed by atoms with van der Waals surface area (Å²) in [4.78, 5) is 36.6. The van der Waals surface area contributed by atoms with Crippen LogP contribution in [0, 0.1) is 0 Å². The summed E-state index contributed by atoms with van der Waals surface area (Å²) in [6.07, 6.45) is -0.995. The van der Waals surface area contributed by atoms with E-state index in [2.05, 4.69) is 5.32 Å². The number of rotatable bonds is 6. The number of ketones is 1. The van der Waals surface area contributed by atoms with Gasteiger partial charge in [-0.1, -0.05) is 42.5 Å². The van der Waals surface area contributed by atoms with E-state index in [1.807, 2.05) is 30.3 Å². The lowest BCUT2D eigenvalue weighted by atomic mass is 9.85. The Morgan fingerprint density at radius 1 is 0.962 bits per heavy atom. The van der Waals surface area contributed by atoms with Gasteiger partial charge in [0.2, 0.25) is 0 Å². The molecule has 1 N–H and O–H groups in total. The Hall–Kier alpha value is -2.95. The normalized spacial score (nSPS) is 12.2. The first-order valence-corrected chi connectivity index (χ1v) is 8.41. The van der Waals surface area contributed by atoms with E-state index in [0.29, 0.717) is 11.3 Å². The maximum atomic E-state index is 12.6. The zero-order chi connectivity index (χ0) is 19.3. The van der Waals surface area contributed by atoms with Gasteiger partial charge in [-0.05, 0) is 45.4 Å². The van der Waals surface area contributed by atoms with E-state index < -0.39 is 23.4 Å². The number of hydrogen-bond donors (Lipinski definition) is 1. The molecule has 0 spiro atoms. The number of esters is 1. The summed E-state index contributed by atoms with van der Waals surface area (Å²) in [6.45, 7) is 6.43. The highest BCUT2D eigenvalue weighted by molar-refractivity contribution is 6.04. The molecule has 0 unspecified atom stereocenters. The molecule has 0 heterocycles. The average molecular weight is 353 g/mol. The first-order valence-electron chi connectivity index (χ1n) is 8.41. The highest BCUT2D eigenvalue weighted by atomic mass is 16.5. The van der Waals surface area contributed by atoms with Crippen LogP contribution in [0.2, 0.25) is 0 Å². The fourth-order valence-corrected chi connectivity index (χ4v) is 2.47. The summed E-state index contributed by atoms with van der Waals surface area (Å²) < 4.78 is 5.37. The van der Waals surface area contributed by atoms with Crippen molar-refractivity contribution >= 4 is 23.3 Å². The van der Waals surface area contributed by atoms with Crippen molar-refractivity contribution in [3.63, 3.8) is 0 Å². The Labute approximate surface area is 153 Å². The molecule has 0 saturated carbocycles. The van der Waals surface area contributed by atoms with Gasteiger partial charge in [-0.2, -0.15) is 0 Å². The predicted molar refractivity (Wildman–Crippen MR) is 100 cm³/mol. The average Bonchev–Trinajstić information content (AvgIpc) is 2.62. The summed E-state index contributed by atoms with van der Waals surface area (Å²) in [7, 11) is 0. The fraction of sp³-hybridized carbons (Fsp3) is 0.286. The molecule has 5 heteroatoms. The minimum atomic E-state index is -0.995. The zero-order valence-corrected chi connectivity index (χ0v) is 15.4. The number of Topliss-reactive ketones (excluding diaryl/α,β-unsaturated/α-hetero) is 1. The zero-order valence-electron chi connectivity index (χ0n) is 15.4. The fourth-order valence-electron chi connectivity index (χ4n) is 2.47. The van der Waals surface area contributed by atoms with Crippen molar-refractivity contribution in [2.45, 2.75) is 39.2 Å². The maximum absolute atomic E-state index is 12.6. The number of carbonyl (C=O) groups is 3. The molecule has 0 bridgehead atoms. The van der Waals surface area contributed by atoms with E-state index in [-0.39, 0.29) is 5.78 Å². The molecule has 0 radical (unpaired) electrons. The lowest BCUT2D eigenvalue weighted by Gasteiger charge is -2.25.